The molecule has 1 saturated heterocycles. The molecule has 2 fully saturated rings. The van der Waals surface area contributed by atoms with Crippen molar-refractivity contribution in [3.05, 3.63) is 0 Å². The highest BCUT2D eigenvalue weighted by Crippen LogP contribution is 2.19. The molecule has 2 amide bonds. The SMILES string of the molecule is CC(C)(C)NCC(=O)N1CCOCC1C(=O)NC1CC1. The number of amides is 2. The van der Waals surface area contributed by atoms with Crippen LogP contribution in [0.3, 0.4) is 0 Å². The highest BCUT2D eigenvalue weighted by Gasteiger charge is 2.35. The third-order valence-electron chi connectivity index (χ3n) is 3.45. The van der Waals surface area contributed by atoms with E-state index in [1.54, 1.807) is 4.90 Å². The first kappa shape index (κ1) is 15.3. The van der Waals surface area contributed by atoms with Crippen LogP contribution < -0.4 is 10.6 Å². The molecule has 0 radical (unpaired) electrons. The lowest BCUT2D eigenvalue weighted by Gasteiger charge is -2.35. The number of hydrogen-bond acceptors (Lipinski definition) is 4. The van der Waals surface area contributed by atoms with Crippen molar-refractivity contribution in [1.82, 2.24) is 15.5 Å². The van der Waals surface area contributed by atoms with Crippen LogP contribution in [0.25, 0.3) is 0 Å². The molecule has 0 aromatic heterocycles. The number of nitrogens with one attached hydrogen (secondary N) is 2. The van der Waals surface area contributed by atoms with Crippen molar-refractivity contribution in [2.75, 3.05) is 26.3 Å². The van der Waals surface area contributed by atoms with Gasteiger partial charge in [-0.25, -0.2) is 0 Å². The molecule has 2 aliphatic rings. The number of carbonyl (C=O) groups excluding carboxylic acids is 2. The first-order chi connectivity index (χ1) is 9.37. The van der Waals surface area contributed by atoms with Crippen molar-refractivity contribution >= 4 is 11.8 Å². The zero-order valence-corrected chi connectivity index (χ0v) is 12.6. The number of ether oxygens (including phenoxy) is 1. The second kappa shape index (κ2) is 6.10. The molecule has 2 N–H and O–H groups in total. The van der Waals surface area contributed by atoms with Gasteiger partial charge in [0, 0.05) is 18.1 Å². The second-order valence-electron chi connectivity index (χ2n) is 6.56. The molecule has 20 heavy (non-hydrogen) atoms. The second-order valence-corrected chi connectivity index (χ2v) is 6.56. The van der Waals surface area contributed by atoms with Crippen LogP contribution in [0.1, 0.15) is 33.6 Å². The summed E-state index contributed by atoms with van der Waals surface area (Å²) in [4.78, 5) is 26.1. The fourth-order valence-electron chi connectivity index (χ4n) is 2.09. The molecule has 0 aromatic rings. The monoisotopic (exact) mass is 283 g/mol. The summed E-state index contributed by atoms with van der Waals surface area (Å²) in [6, 6.07) is -0.187. The van der Waals surface area contributed by atoms with Crippen LogP contribution in [0.2, 0.25) is 0 Å². The van der Waals surface area contributed by atoms with Gasteiger partial charge < -0.3 is 20.3 Å². The summed E-state index contributed by atoms with van der Waals surface area (Å²) < 4.78 is 5.36. The number of morpholine rings is 1. The van der Waals surface area contributed by atoms with Crippen LogP contribution in [-0.2, 0) is 14.3 Å². The van der Waals surface area contributed by atoms with Gasteiger partial charge in [-0.1, -0.05) is 0 Å². The van der Waals surface area contributed by atoms with Crippen molar-refractivity contribution in [3.63, 3.8) is 0 Å². The van der Waals surface area contributed by atoms with Gasteiger partial charge in [0.15, 0.2) is 0 Å². The van der Waals surface area contributed by atoms with Gasteiger partial charge in [0.05, 0.1) is 19.8 Å². The third-order valence-corrected chi connectivity index (χ3v) is 3.45. The van der Waals surface area contributed by atoms with Crippen LogP contribution in [0.5, 0.6) is 0 Å². The Morgan fingerprint density at radius 1 is 1.30 bits per heavy atom. The third kappa shape index (κ3) is 4.45. The molecule has 2 rings (SSSR count). The minimum Gasteiger partial charge on any atom is -0.377 e. The Kier molecular flexibility index (Phi) is 4.65. The predicted octanol–water partition coefficient (Wildman–Crippen LogP) is -0.119. The Balaban J connectivity index is 1.91. The van der Waals surface area contributed by atoms with Crippen molar-refractivity contribution < 1.29 is 14.3 Å². The maximum Gasteiger partial charge on any atom is 0.245 e. The van der Waals surface area contributed by atoms with Gasteiger partial charge in [-0.3, -0.25) is 9.59 Å². The zero-order valence-electron chi connectivity index (χ0n) is 12.6. The van der Waals surface area contributed by atoms with Crippen molar-refractivity contribution in [2.45, 2.75) is 51.2 Å². The summed E-state index contributed by atoms with van der Waals surface area (Å²) in [5, 5.41) is 6.12. The average Bonchev–Trinajstić information content (AvgIpc) is 3.19. The van der Waals surface area contributed by atoms with E-state index in [4.69, 9.17) is 4.74 Å². The van der Waals surface area contributed by atoms with Crippen molar-refractivity contribution in [1.29, 1.82) is 0 Å². The van der Waals surface area contributed by atoms with E-state index in [-0.39, 0.29) is 23.9 Å². The first-order valence-corrected chi connectivity index (χ1v) is 7.29. The molecular weight excluding hydrogens is 258 g/mol. The Morgan fingerprint density at radius 2 is 2.00 bits per heavy atom. The minimum absolute atomic E-state index is 0.0424. The highest BCUT2D eigenvalue weighted by molar-refractivity contribution is 5.89. The van der Waals surface area contributed by atoms with Crippen LogP contribution in [0, 0.1) is 0 Å². The first-order valence-electron chi connectivity index (χ1n) is 7.29. The van der Waals surface area contributed by atoms with Crippen molar-refractivity contribution in [3.8, 4) is 0 Å². The van der Waals surface area contributed by atoms with Gasteiger partial charge in [0.1, 0.15) is 6.04 Å². The van der Waals surface area contributed by atoms with E-state index in [1.807, 2.05) is 20.8 Å². The summed E-state index contributed by atoms with van der Waals surface area (Å²) in [6.07, 6.45) is 2.08. The molecule has 1 aliphatic carbocycles. The summed E-state index contributed by atoms with van der Waals surface area (Å²) in [6.45, 7) is 7.54. The number of hydrogen-bond donors (Lipinski definition) is 2. The molecule has 114 valence electrons. The van der Waals surface area contributed by atoms with Crippen LogP contribution in [0.15, 0.2) is 0 Å². The minimum atomic E-state index is -0.487. The molecule has 0 aromatic carbocycles. The molecule has 0 bridgehead atoms. The molecule has 6 heteroatoms. The number of rotatable bonds is 4. The van der Waals surface area contributed by atoms with Crippen LogP contribution >= 0.6 is 0 Å². The van der Waals surface area contributed by atoms with Crippen LogP contribution in [-0.4, -0.2) is 60.6 Å². The van der Waals surface area contributed by atoms with E-state index in [1.165, 1.54) is 0 Å². The molecule has 1 atom stereocenters. The van der Waals surface area contributed by atoms with E-state index < -0.39 is 6.04 Å². The Labute approximate surface area is 120 Å². The fraction of sp³-hybridized carbons (Fsp3) is 0.857. The summed E-state index contributed by atoms with van der Waals surface area (Å²) in [7, 11) is 0. The Morgan fingerprint density at radius 3 is 2.60 bits per heavy atom. The summed E-state index contributed by atoms with van der Waals surface area (Å²) in [5.41, 5.74) is -0.117. The van der Waals surface area contributed by atoms with E-state index in [0.29, 0.717) is 25.8 Å². The maximum absolute atomic E-state index is 12.3. The van der Waals surface area contributed by atoms with Crippen molar-refractivity contribution in [2.24, 2.45) is 0 Å². The lowest BCUT2D eigenvalue weighted by molar-refractivity contribution is -0.148. The molecule has 1 saturated carbocycles. The van der Waals surface area contributed by atoms with E-state index in [2.05, 4.69) is 10.6 Å². The number of carbonyl (C=O) groups is 2. The van der Waals surface area contributed by atoms with Gasteiger partial charge in [-0.05, 0) is 33.6 Å². The topological polar surface area (TPSA) is 70.7 Å². The lowest BCUT2D eigenvalue weighted by Crippen LogP contribution is -2.58. The standard InChI is InChI=1S/C14H25N3O3/c1-14(2,3)15-8-12(18)17-6-7-20-9-11(17)13(19)16-10-4-5-10/h10-11,15H,4-9H2,1-3H3,(H,16,19). The van der Waals surface area contributed by atoms with Gasteiger partial charge >= 0.3 is 0 Å². The smallest absolute Gasteiger partial charge is 0.245 e. The van der Waals surface area contributed by atoms with E-state index in [0.717, 1.165) is 12.8 Å². The molecule has 1 unspecified atom stereocenters. The van der Waals surface area contributed by atoms with Gasteiger partial charge in [-0.15, -0.1) is 0 Å². The molecule has 0 spiro atoms. The van der Waals surface area contributed by atoms with Gasteiger partial charge in [0.25, 0.3) is 0 Å². The van der Waals surface area contributed by atoms with Gasteiger partial charge in [0.2, 0.25) is 11.8 Å². The summed E-state index contributed by atoms with van der Waals surface area (Å²) >= 11 is 0. The molecule has 1 aliphatic heterocycles. The maximum atomic E-state index is 12.3. The van der Waals surface area contributed by atoms with Crippen LogP contribution in [0.4, 0.5) is 0 Å². The Hall–Kier alpha value is -1.14. The van der Waals surface area contributed by atoms with E-state index >= 15 is 0 Å². The summed E-state index contributed by atoms with van der Waals surface area (Å²) in [5.74, 6) is -0.129. The van der Waals surface area contributed by atoms with Gasteiger partial charge in [-0.2, -0.15) is 0 Å². The quantitative estimate of drug-likeness (QED) is 0.755. The normalized spacial score (nSPS) is 23.6. The fourth-order valence-corrected chi connectivity index (χ4v) is 2.09. The molecule has 1 heterocycles. The average molecular weight is 283 g/mol. The predicted molar refractivity (Wildman–Crippen MR) is 75.2 cm³/mol. The zero-order chi connectivity index (χ0) is 14.8. The molecule has 6 nitrogen and oxygen atoms in total. The largest absolute Gasteiger partial charge is 0.377 e. The Bertz CT molecular complexity index is 374. The molecular formula is C14H25N3O3. The van der Waals surface area contributed by atoms with E-state index in [9.17, 15) is 9.59 Å². The lowest BCUT2D eigenvalue weighted by atomic mass is 10.1. The number of nitrogens with zero attached hydrogens (tertiary/aromatic N) is 1. The highest BCUT2D eigenvalue weighted by atomic mass is 16.5.